The van der Waals surface area contributed by atoms with Gasteiger partial charge < -0.3 is 20.4 Å². The third-order valence-electron chi connectivity index (χ3n) is 6.51. The van der Waals surface area contributed by atoms with Crippen molar-refractivity contribution in [3.05, 3.63) is 40.3 Å². The molecule has 1 amide bonds. The molecular weight excluding hydrogens is 459 g/mol. The van der Waals surface area contributed by atoms with E-state index >= 15 is 0 Å². The number of amides is 1. The first-order chi connectivity index (χ1) is 16.5. The van der Waals surface area contributed by atoms with Crippen molar-refractivity contribution in [2.45, 2.75) is 38.8 Å². The number of nitrogens with zero attached hydrogens (tertiary/aromatic N) is 5. The fourth-order valence-electron chi connectivity index (χ4n) is 4.52. The predicted octanol–water partition coefficient (Wildman–Crippen LogP) is 2.86. The molecule has 0 aliphatic carbocycles. The lowest BCUT2D eigenvalue weighted by Gasteiger charge is -2.37. The molecule has 2 aromatic heterocycles. The number of hydrogen-bond donors (Lipinski definition) is 3. The van der Waals surface area contributed by atoms with Crippen LogP contribution in [0.15, 0.2) is 18.2 Å². The Bertz CT molecular complexity index is 1190. The first-order valence-corrected chi connectivity index (χ1v) is 12.0. The van der Waals surface area contributed by atoms with Gasteiger partial charge in [-0.05, 0) is 38.4 Å². The molecule has 34 heavy (non-hydrogen) atoms. The van der Waals surface area contributed by atoms with Crippen LogP contribution in [0.2, 0.25) is 5.02 Å². The molecule has 1 atom stereocenters. The number of carbonyl (C=O) groups is 1. The van der Waals surface area contributed by atoms with Crippen LogP contribution in [-0.2, 0) is 11.3 Å². The average Bonchev–Trinajstić information content (AvgIpc) is 3.24. The van der Waals surface area contributed by atoms with E-state index < -0.39 is 0 Å². The maximum atomic E-state index is 14.3. The van der Waals surface area contributed by atoms with E-state index in [1.807, 2.05) is 11.8 Å². The maximum absolute atomic E-state index is 14.3. The highest BCUT2D eigenvalue weighted by molar-refractivity contribution is 6.30. The zero-order valence-electron chi connectivity index (χ0n) is 19.1. The zero-order chi connectivity index (χ0) is 23.7. The van der Waals surface area contributed by atoms with Gasteiger partial charge >= 0.3 is 0 Å². The molecule has 0 radical (unpaired) electrons. The number of nitrogens with one attached hydrogen (secondary N) is 3. The van der Waals surface area contributed by atoms with Gasteiger partial charge in [0.1, 0.15) is 11.3 Å². The molecule has 0 spiro atoms. The van der Waals surface area contributed by atoms with Gasteiger partial charge in [-0.25, -0.2) is 9.37 Å². The Kier molecular flexibility index (Phi) is 6.51. The highest BCUT2D eigenvalue weighted by Gasteiger charge is 2.29. The molecule has 2 aliphatic heterocycles. The number of piperazine rings is 1. The van der Waals surface area contributed by atoms with Crippen LogP contribution in [0.1, 0.15) is 30.5 Å². The van der Waals surface area contributed by atoms with Crippen molar-refractivity contribution < 1.29 is 9.18 Å². The Morgan fingerprint density at radius 2 is 2.03 bits per heavy atom. The van der Waals surface area contributed by atoms with Crippen molar-refractivity contribution in [2.75, 3.05) is 42.9 Å². The minimum absolute atomic E-state index is 0.0643. The molecule has 0 saturated carbocycles. The number of aryl methyl sites for hydroxylation is 1. The second-order valence-electron chi connectivity index (χ2n) is 8.82. The Hall–Kier alpha value is -2.98. The zero-order valence-corrected chi connectivity index (χ0v) is 19.8. The number of halogens is 2. The van der Waals surface area contributed by atoms with Crippen LogP contribution >= 0.6 is 11.6 Å². The molecule has 2 saturated heterocycles. The number of H-pyrrole nitrogens is 1. The summed E-state index contributed by atoms with van der Waals surface area (Å²) in [5, 5.41) is 14.2. The number of anilines is 2. The molecule has 11 heteroatoms. The second-order valence-corrected chi connectivity index (χ2v) is 9.26. The third kappa shape index (κ3) is 4.65. The quantitative estimate of drug-likeness (QED) is 0.509. The first kappa shape index (κ1) is 22.8. The minimum Gasteiger partial charge on any atom is -0.364 e. The van der Waals surface area contributed by atoms with Crippen molar-refractivity contribution in [3.63, 3.8) is 0 Å². The van der Waals surface area contributed by atoms with Crippen molar-refractivity contribution in [1.29, 1.82) is 0 Å². The van der Waals surface area contributed by atoms with Crippen molar-refractivity contribution in [2.24, 2.45) is 0 Å². The van der Waals surface area contributed by atoms with Crippen LogP contribution in [0, 0.1) is 12.7 Å². The van der Waals surface area contributed by atoms with E-state index in [1.54, 1.807) is 12.1 Å². The molecule has 9 nitrogen and oxygen atoms in total. The molecule has 1 aromatic carbocycles. The summed E-state index contributed by atoms with van der Waals surface area (Å²) in [5.41, 5.74) is 2.63. The summed E-state index contributed by atoms with van der Waals surface area (Å²) >= 11 is 5.87. The Labute approximate surface area is 202 Å². The van der Waals surface area contributed by atoms with Crippen molar-refractivity contribution in [3.8, 4) is 0 Å². The van der Waals surface area contributed by atoms with Gasteiger partial charge in [-0.1, -0.05) is 24.1 Å². The van der Waals surface area contributed by atoms with Gasteiger partial charge in [-0.3, -0.25) is 9.89 Å². The van der Waals surface area contributed by atoms with E-state index in [0.717, 1.165) is 31.5 Å². The summed E-state index contributed by atoms with van der Waals surface area (Å²) in [6.45, 7) is 5.59. The number of piperidine rings is 1. The molecule has 3 aromatic rings. The van der Waals surface area contributed by atoms with Crippen LogP contribution in [0.4, 0.5) is 16.2 Å². The van der Waals surface area contributed by atoms with Crippen LogP contribution in [-0.4, -0.2) is 69.7 Å². The molecule has 180 valence electrons. The summed E-state index contributed by atoms with van der Waals surface area (Å²) in [6, 6.07) is 4.54. The van der Waals surface area contributed by atoms with Gasteiger partial charge in [-0.15, -0.1) is 0 Å². The number of fused-ring (bicyclic) bond motifs is 1. The fourth-order valence-corrected chi connectivity index (χ4v) is 4.68. The smallest absolute Gasteiger partial charge is 0.239 e. The van der Waals surface area contributed by atoms with Gasteiger partial charge in [0, 0.05) is 43.3 Å². The molecule has 0 unspecified atom stereocenters. The number of aromatic nitrogens is 4. The summed E-state index contributed by atoms with van der Waals surface area (Å²) in [4.78, 5) is 26.3. The highest BCUT2D eigenvalue weighted by Crippen LogP contribution is 2.26. The predicted molar refractivity (Wildman–Crippen MR) is 130 cm³/mol. The summed E-state index contributed by atoms with van der Waals surface area (Å²) in [7, 11) is 0. The normalized spacial score (nSPS) is 19.0. The average molecular weight is 487 g/mol. The molecule has 3 N–H and O–H groups in total. The summed E-state index contributed by atoms with van der Waals surface area (Å²) in [6.07, 6.45) is 3.13. The van der Waals surface area contributed by atoms with E-state index in [9.17, 15) is 9.18 Å². The molecular formula is C23H28ClFN8O. The van der Waals surface area contributed by atoms with Gasteiger partial charge in [0.25, 0.3) is 0 Å². The Morgan fingerprint density at radius 3 is 2.76 bits per heavy atom. The molecule has 0 bridgehead atoms. The number of aromatic amines is 1. The van der Waals surface area contributed by atoms with Crippen LogP contribution in [0.25, 0.3) is 11.0 Å². The maximum Gasteiger partial charge on any atom is 0.239 e. The van der Waals surface area contributed by atoms with E-state index in [2.05, 4.69) is 25.7 Å². The third-order valence-corrected chi connectivity index (χ3v) is 6.74. The van der Waals surface area contributed by atoms with E-state index in [4.69, 9.17) is 21.6 Å². The second kappa shape index (κ2) is 9.71. The number of benzene rings is 1. The highest BCUT2D eigenvalue weighted by atomic mass is 35.5. The number of carbonyl (C=O) groups excluding carboxylic acids is 1. The van der Waals surface area contributed by atoms with Crippen molar-refractivity contribution in [1.82, 2.24) is 30.4 Å². The Balaban J connectivity index is 1.32. The molecule has 5 rings (SSSR count). The Morgan fingerprint density at radius 1 is 1.21 bits per heavy atom. The molecule has 2 fully saturated rings. The van der Waals surface area contributed by atoms with Crippen molar-refractivity contribution >= 4 is 40.3 Å². The first-order valence-electron chi connectivity index (χ1n) is 11.7. The van der Waals surface area contributed by atoms with E-state index in [-0.39, 0.29) is 24.3 Å². The van der Waals surface area contributed by atoms with Gasteiger partial charge in [-0.2, -0.15) is 10.1 Å². The lowest BCUT2D eigenvalue weighted by molar-refractivity contribution is -0.134. The standard InChI is InChI=1S/C23H28ClFN8O/c1-14-19-20(31-30-14)21(27-13-15-5-6-16(24)12-17(15)25)29-23(28-19)33-10-8-32(9-11-33)22(34)18-4-2-3-7-26-18/h5-6,12,18,26H,2-4,7-11,13H2,1H3,(H,30,31)(H,27,28,29)/t18-/m1/s1. The number of rotatable bonds is 5. The largest absolute Gasteiger partial charge is 0.364 e. The van der Waals surface area contributed by atoms with Crippen LogP contribution in [0.5, 0.6) is 0 Å². The monoisotopic (exact) mass is 486 g/mol. The van der Waals surface area contributed by atoms with Gasteiger partial charge in [0.2, 0.25) is 11.9 Å². The van der Waals surface area contributed by atoms with Gasteiger partial charge in [0.05, 0.1) is 11.7 Å². The summed E-state index contributed by atoms with van der Waals surface area (Å²) in [5.74, 6) is 0.910. The SMILES string of the molecule is Cc1[nH]nc2c(NCc3ccc(Cl)cc3F)nc(N3CCN(C(=O)[C@H]4CCCCN4)CC3)nc12. The lowest BCUT2D eigenvalue weighted by atomic mass is 10.0. The molecule has 2 aliphatic rings. The number of hydrogen-bond acceptors (Lipinski definition) is 7. The lowest BCUT2D eigenvalue weighted by Crippen LogP contribution is -2.55. The fraction of sp³-hybridized carbons (Fsp3) is 0.478. The summed E-state index contributed by atoms with van der Waals surface area (Å²) < 4.78 is 14.3. The molecule has 4 heterocycles. The van der Waals surface area contributed by atoms with Gasteiger partial charge in [0.15, 0.2) is 11.3 Å². The van der Waals surface area contributed by atoms with Crippen LogP contribution in [0.3, 0.4) is 0 Å². The minimum atomic E-state index is -0.378. The van der Waals surface area contributed by atoms with Crippen LogP contribution < -0.4 is 15.5 Å². The van der Waals surface area contributed by atoms with E-state index in [0.29, 0.717) is 59.6 Å². The topological polar surface area (TPSA) is 102 Å². The van der Waals surface area contributed by atoms with E-state index in [1.165, 1.54) is 6.07 Å².